The van der Waals surface area contributed by atoms with Crippen LogP contribution in [0.15, 0.2) is 60.7 Å². The second kappa shape index (κ2) is 13.6. The number of benzene rings is 2. The van der Waals surface area contributed by atoms with Gasteiger partial charge in [0.2, 0.25) is 0 Å². The Morgan fingerprint density at radius 3 is 1.92 bits per heavy atom. The van der Waals surface area contributed by atoms with Crippen molar-refractivity contribution in [2.24, 2.45) is 11.8 Å². The Morgan fingerprint density at radius 1 is 0.842 bits per heavy atom. The molecule has 7 heteroatoms. The number of hydrogen-bond donors (Lipinski definition) is 0. The summed E-state index contributed by atoms with van der Waals surface area (Å²) >= 11 is 0. The van der Waals surface area contributed by atoms with Crippen LogP contribution in [0.25, 0.3) is 11.1 Å². The normalized spacial score (nSPS) is 23.9. The maximum atomic E-state index is 12.0. The zero-order valence-corrected chi connectivity index (χ0v) is 22.5. The van der Waals surface area contributed by atoms with Crippen molar-refractivity contribution in [1.29, 1.82) is 0 Å². The molecule has 0 radical (unpaired) electrons. The molecule has 0 unspecified atom stereocenters. The van der Waals surface area contributed by atoms with Crippen LogP contribution < -0.4 is 4.74 Å². The summed E-state index contributed by atoms with van der Waals surface area (Å²) in [4.78, 5) is 24.1. The van der Waals surface area contributed by atoms with E-state index in [2.05, 4.69) is 19.1 Å². The molecule has 2 aromatic rings. The van der Waals surface area contributed by atoms with Crippen molar-refractivity contribution in [2.75, 3.05) is 20.8 Å². The molecule has 7 nitrogen and oxygen atoms in total. The lowest BCUT2D eigenvalue weighted by Crippen LogP contribution is -2.38. The van der Waals surface area contributed by atoms with Crippen LogP contribution in [0.1, 0.15) is 57.3 Å². The first-order valence-corrected chi connectivity index (χ1v) is 13.5. The first kappa shape index (κ1) is 27.9. The molecule has 0 bridgehead atoms. The van der Waals surface area contributed by atoms with Crippen LogP contribution in [0.4, 0.5) is 0 Å². The fourth-order valence-electron chi connectivity index (χ4n) is 5.24. The quantitative estimate of drug-likeness (QED) is 0.279. The minimum atomic E-state index is -1.18. The average Bonchev–Trinajstić information content (AvgIpc) is 3.42. The van der Waals surface area contributed by atoms with Crippen LogP contribution in [0.5, 0.6) is 5.75 Å². The van der Waals surface area contributed by atoms with Gasteiger partial charge in [0, 0.05) is 5.56 Å². The molecule has 1 aliphatic heterocycles. The Kier molecular flexibility index (Phi) is 9.96. The Labute approximate surface area is 225 Å². The van der Waals surface area contributed by atoms with Gasteiger partial charge in [0.05, 0.1) is 14.2 Å². The number of carbonyl (C=O) groups excluding carboxylic acids is 2. The lowest BCUT2D eigenvalue weighted by atomic mass is 9.80. The lowest BCUT2D eigenvalue weighted by molar-refractivity contribution is -0.160. The molecule has 0 amide bonds. The van der Waals surface area contributed by atoms with E-state index in [9.17, 15) is 9.59 Å². The summed E-state index contributed by atoms with van der Waals surface area (Å²) in [5.74, 6) is 1.07. The maximum absolute atomic E-state index is 12.0. The van der Waals surface area contributed by atoms with Crippen LogP contribution >= 0.6 is 0 Å². The Morgan fingerprint density at radius 2 is 1.39 bits per heavy atom. The molecule has 1 aliphatic carbocycles. The molecule has 4 rings (SSSR count). The van der Waals surface area contributed by atoms with Gasteiger partial charge in [-0.15, -0.1) is 0 Å². The number of rotatable bonds is 10. The molecule has 1 saturated heterocycles. The molecule has 0 aromatic heterocycles. The van der Waals surface area contributed by atoms with Gasteiger partial charge in [-0.1, -0.05) is 68.3 Å². The molecule has 0 N–H and O–H groups in total. The van der Waals surface area contributed by atoms with Crippen molar-refractivity contribution >= 4 is 11.9 Å². The predicted molar refractivity (Wildman–Crippen MR) is 143 cm³/mol. The summed E-state index contributed by atoms with van der Waals surface area (Å²) in [5.41, 5.74) is 2.72. The van der Waals surface area contributed by atoms with E-state index < -0.39 is 30.4 Å². The summed E-state index contributed by atoms with van der Waals surface area (Å²) in [5, 5.41) is 0. The van der Waals surface area contributed by atoms with Crippen molar-refractivity contribution in [3.8, 4) is 16.9 Å². The minimum Gasteiger partial charge on any atom is -0.490 e. The summed E-state index contributed by atoms with van der Waals surface area (Å²) in [6.45, 7) is 2.85. The molecule has 2 aromatic carbocycles. The molecule has 1 saturated carbocycles. The van der Waals surface area contributed by atoms with Crippen LogP contribution in [0.2, 0.25) is 0 Å². The van der Waals surface area contributed by atoms with Crippen molar-refractivity contribution in [2.45, 2.75) is 63.9 Å². The van der Waals surface area contributed by atoms with E-state index in [0.29, 0.717) is 18.1 Å². The van der Waals surface area contributed by atoms with Crippen LogP contribution in [0, 0.1) is 11.8 Å². The van der Waals surface area contributed by atoms with E-state index in [1.54, 1.807) is 0 Å². The van der Waals surface area contributed by atoms with Gasteiger partial charge >= 0.3 is 11.9 Å². The molecule has 0 spiro atoms. The monoisotopic (exact) mass is 522 g/mol. The Hall–Kier alpha value is -3.16. The summed E-state index contributed by atoms with van der Waals surface area (Å²) in [6, 6.07) is 15.6. The third-order valence-electron chi connectivity index (χ3n) is 7.40. The third kappa shape index (κ3) is 7.03. The van der Waals surface area contributed by atoms with Gasteiger partial charge in [0.1, 0.15) is 12.4 Å². The van der Waals surface area contributed by atoms with E-state index >= 15 is 0 Å². The van der Waals surface area contributed by atoms with Crippen molar-refractivity contribution in [3.63, 3.8) is 0 Å². The third-order valence-corrected chi connectivity index (χ3v) is 7.40. The number of methoxy groups -OCH3 is 2. The summed E-state index contributed by atoms with van der Waals surface area (Å²) in [7, 11) is 2.46. The van der Waals surface area contributed by atoms with Gasteiger partial charge in [0.25, 0.3) is 0 Å². The minimum absolute atomic E-state index is 0.573. The van der Waals surface area contributed by atoms with Gasteiger partial charge in [-0.05, 0) is 60.8 Å². The second-order valence-corrected chi connectivity index (χ2v) is 9.95. The van der Waals surface area contributed by atoms with E-state index in [1.807, 2.05) is 48.5 Å². The van der Waals surface area contributed by atoms with E-state index in [-0.39, 0.29) is 0 Å². The van der Waals surface area contributed by atoms with Crippen molar-refractivity contribution in [1.82, 2.24) is 0 Å². The first-order chi connectivity index (χ1) is 18.5. The highest BCUT2D eigenvalue weighted by atomic mass is 16.8. The zero-order chi connectivity index (χ0) is 26.9. The number of esters is 2. The number of ether oxygens (including phenoxy) is 5. The molecule has 38 heavy (non-hydrogen) atoms. The molecule has 2 aliphatic rings. The number of allylic oxidation sites excluding steroid dienone is 1. The molecular formula is C31H38O7. The predicted octanol–water partition coefficient (Wildman–Crippen LogP) is 6.02. The van der Waals surface area contributed by atoms with Crippen molar-refractivity contribution in [3.05, 3.63) is 66.2 Å². The Balaban J connectivity index is 1.28. The van der Waals surface area contributed by atoms with Gasteiger partial charge in [-0.2, -0.15) is 0 Å². The smallest absolute Gasteiger partial charge is 0.338 e. The van der Waals surface area contributed by atoms with Crippen molar-refractivity contribution < 1.29 is 33.3 Å². The SMILES string of the molecule is CCC[C@H]1CC[C@H](C=CCOc2ccc(-c3ccc(C4O[C@@H](C(=O)OC)[C@H](C(=O)OC)O4)cc3)cc2)CC1. The van der Waals surface area contributed by atoms with Gasteiger partial charge in [0.15, 0.2) is 18.5 Å². The highest BCUT2D eigenvalue weighted by molar-refractivity contribution is 5.86. The molecule has 2 fully saturated rings. The molecular weight excluding hydrogens is 484 g/mol. The van der Waals surface area contributed by atoms with Gasteiger partial charge in [-0.3, -0.25) is 0 Å². The summed E-state index contributed by atoms with van der Waals surface area (Å²) < 4.78 is 26.7. The van der Waals surface area contributed by atoms with Crippen LogP contribution in [0.3, 0.4) is 0 Å². The van der Waals surface area contributed by atoms with E-state index in [4.69, 9.17) is 23.7 Å². The fourth-order valence-corrected chi connectivity index (χ4v) is 5.24. The number of hydrogen-bond acceptors (Lipinski definition) is 7. The second-order valence-electron chi connectivity index (χ2n) is 9.95. The topological polar surface area (TPSA) is 80.3 Å². The average molecular weight is 523 g/mol. The number of carbonyl (C=O) groups is 2. The van der Waals surface area contributed by atoms with Crippen LogP contribution in [-0.2, 0) is 28.5 Å². The lowest BCUT2D eigenvalue weighted by Gasteiger charge is -2.26. The summed E-state index contributed by atoms with van der Waals surface area (Å²) in [6.07, 6.45) is 9.22. The Bertz CT molecular complexity index is 1040. The first-order valence-electron chi connectivity index (χ1n) is 13.5. The molecule has 2 atom stereocenters. The maximum Gasteiger partial charge on any atom is 0.338 e. The standard InChI is InChI=1S/C31H38O7/c1-4-6-21-8-10-22(11-9-21)7-5-20-36-26-18-16-24(17-19-26)23-12-14-25(15-13-23)31-37-27(29(32)34-2)28(38-31)30(33)35-3/h5,7,12-19,21-22,27-28,31H,4,6,8-11,20H2,1-3H3/t21-,22-,27-,28-/m1/s1. The highest BCUT2D eigenvalue weighted by Crippen LogP contribution is 2.34. The molecule has 204 valence electrons. The molecule has 1 heterocycles. The fraction of sp³-hybridized carbons (Fsp3) is 0.484. The van der Waals surface area contributed by atoms with Crippen LogP contribution in [-0.4, -0.2) is 45.0 Å². The zero-order valence-electron chi connectivity index (χ0n) is 22.5. The largest absolute Gasteiger partial charge is 0.490 e. The highest BCUT2D eigenvalue weighted by Gasteiger charge is 2.47. The van der Waals surface area contributed by atoms with E-state index in [1.165, 1.54) is 52.7 Å². The van der Waals surface area contributed by atoms with E-state index in [0.717, 1.165) is 22.8 Å². The van der Waals surface area contributed by atoms with Gasteiger partial charge < -0.3 is 23.7 Å². The van der Waals surface area contributed by atoms with Gasteiger partial charge in [-0.25, -0.2) is 9.59 Å².